The Morgan fingerprint density at radius 2 is 0.857 bits per heavy atom. The molecule has 294 valence electrons. The molecule has 2 nitrogen and oxygen atoms in total. The Hall–Kier alpha value is -7.98. The van der Waals surface area contributed by atoms with E-state index in [0.29, 0.717) is 0 Å². The van der Waals surface area contributed by atoms with Gasteiger partial charge in [-0.2, -0.15) is 0 Å². The molecule has 0 atom stereocenters. The van der Waals surface area contributed by atoms with Gasteiger partial charge in [0.25, 0.3) is 0 Å². The Balaban J connectivity index is 0.915. The molecule has 2 aromatic heterocycles. The molecule has 13 rings (SSSR count). The van der Waals surface area contributed by atoms with Crippen molar-refractivity contribution < 1.29 is 0 Å². The van der Waals surface area contributed by atoms with E-state index in [0.717, 1.165) is 22.7 Å². The Morgan fingerprint density at radius 1 is 0.317 bits per heavy atom. The van der Waals surface area contributed by atoms with Gasteiger partial charge in [-0.25, -0.2) is 0 Å². The molecule has 3 heteroatoms. The first-order valence-electron chi connectivity index (χ1n) is 21.6. The van der Waals surface area contributed by atoms with E-state index >= 15 is 0 Å². The van der Waals surface area contributed by atoms with E-state index in [1.54, 1.807) is 0 Å². The molecule has 13 aromatic rings. The SMILES string of the molecule is c1cc(-c2ccc(N(c3ccc(-c4ccc5c(c4)sc4c6ccccc6ccc54)cc3)c3cc4ccccc4c4ccccc34)cc2)cc(-n2c3ccccc3c3ccccc32)c1. The fourth-order valence-electron chi connectivity index (χ4n) is 9.96. The molecule has 0 amide bonds. The minimum absolute atomic E-state index is 1.10. The molecule has 0 spiro atoms. The molecule has 0 N–H and O–H groups in total. The van der Waals surface area contributed by atoms with Crippen molar-refractivity contribution >= 4 is 103 Å². The molecule has 0 unspecified atom stereocenters. The standard InChI is InChI=1S/C60H38N2S/c1-4-17-49-41(12-1)28-35-55-54-34-29-43(38-59(54)63-60(49)55)40-26-32-46(33-27-40)61(58-37-44-13-2-3-16-48(44)50-18-5-6-19-51(50)58)45-30-24-39(25-31-45)42-14-11-15-47(36-42)62-56-22-9-7-20-52(56)53-21-8-10-23-57(53)62/h1-38H. The van der Waals surface area contributed by atoms with Gasteiger partial charge in [-0.3, -0.25) is 0 Å². The Labute approximate surface area is 368 Å². The molecule has 0 fully saturated rings. The van der Waals surface area contributed by atoms with Crippen molar-refractivity contribution in [1.82, 2.24) is 4.57 Å². The van der Waals surface area contributed by atoms with E-state index in [4.69, 9.17) is 0 Å². The van der Waals surface area contributed by atoms with E-state index in [2.05, 4.69) is 240 Å². The summed E-state index contributed by atoms with van der Waals surface area (Å²) in [5.41, 5.74) is 11.7. The number of hydrogen-bond donors (Lipinski definition) is 0. The zero-order chi connectivity index (χ0) is 41.4. The van der Waals surface area contributed by atoms with Crippen molar-refractivity contribution in [3.8, 4) is 27.9 Å². The number of fused-ring (bicyclic) bond motifs is 11. The topological polar surface area (TPSA) is 8.17 Å². The zero-order valence-corrected chi connectivity index (χ0v) is 35.1. The summed E-state index contributed by atoms with van der Waals surface area (Å²) in [5, 5.41) is 12.7. The molecule has 0 radical (unpaired) electrons. The van der Waals surface area contributed by atoms with E-state index < -0.39 is 0 Å². The van der Waals surface area contributed by atoms with Gasteiger partial charge in [0.1, 0.15) is 0 Å². The number of aromatic nitrogens is 1. The highest BCUT2D eigenvalue weighted by molar-refractivity contribution is 7.26. The summed E-state index contributed by atoms with van der Waals surface area (Å²) in [6, 6.07) is 84.7. The Morgan fingerprint density at radius 3 is 1.56 bits per heavy atom. The van der Waals surface area contributed by atoms with Gasteiger partial charge < -0.3 is 9.47 Å². The summed E-state index contributed by atoms with van der Waals surface area (Å²) in [4.78, 5) is 2.43. The maximum absolute atomic E-state index is 2.43. The molecule has 0 bridgehead atoms. The third kappa shape index (κ3) is 5.78. The smallest absolute Gasteiger partial charge is 0.0546 e. The van der Waals surface area contributed by atoms with Crippen LogP contribution in [-0.2, 0) is 0 Å². The molecule has 0 aliphatic heterocycles. The molecule has 0 saturated heterocycles. The number of rotatable bonds is 6. The average molecular weight is 819 g/mol. The predicted molar refractivity (Wildman–Crippen MR) is 272 cm³/mol. The maximum Gasteiger partial charge on any atom is 0.0546 e. The first-order chi connectivity index (χ1) is 31.2. The first-order valence-corrected chi connectivity index (χ1v) is 22.4. The van der Waals surface area contributed by atoms with Gasteiger partial charge in [0.2, 0.25) is 0 Å². The Bertz CT molecular complexity index is 3860. The van der Waals surface area contributed by atoms with Crippen molar-refractivity contribution in [2.45, 2.75) is 0 Å². The normalized spacial score (nSPS) is 11.8. The van der Waals surface area contributed by atoms with Crippen molar-refractivity contribution in [3.05, 3.63) is 231 Å². The van der Waals surface area contributed by atoms with Crippen LogP contribution in [0, 0.1) is 0 Å². The highest BCUT2D eigenvalue weighted by atomic mass is 32.1. The minimum Gasteiger partial charge on any atom is -0.310 e. The average Bonchev–Trinajstić information content (AvgIpc) is 3.90. The van der Waals surface area contributed by atoms with E-state index in [1.165, 1.54) is 96.5 Å². The molecule has 0 aliphatic carbocycles. The number of para-hydroxylation sites is 2. The van der Waals surface area contributed by atoms with Crippen LogP contribution in [0.5, 0.6) is 0 Å². The summed E-state index contributed by atoms with van der Waals surface area (Å²) in [6.45, 7) is 0. The van der Waals surface area contributed by atoms with Crippen LogP contribution >= 0.6 is 11.3 Å². The summed E-state index contributed by atoms with van der Waals surface area (Å²) < 4.78 is 5.06. The third-order valence-electron chi connectivity index (χ3n) is 13.0. The minimum atomic E-state index is 1.10. The molecular weight excluding hydrogens is 781 g/mol. The lowest BCUT2D eigenvalue weighted by molar-refractivity contribution is 1.18. The fraction of sp³-hybridized carbons (Fsp3) is 0. The molecule has 11 aromatic carbocycles. The second-order valence-electron chi connectivity index (χ2n) is 16.5. The van der Waals surface area contributed by atoms with Crippen molar-refractivity contribution in [1.29, 1.82) is 0 Å². The van der Waals surface area contributed by atoms with Gasteiger partial charge >= 0.3 is 0 Å². The summed E-state index contributed by atoms with van der Waals surface area (Å²) >= 11 is 1.90. The molecule has 2 heterocycles. The van der Waals surface area contributed by atoms with E-state index in [-0.39, 0.29) is 0 Å². The second-order valence-corrected chi connectivity index (χ2v) is 17.5. The van der Waals surface area contributed by atoms with Gasteiger partial charge in [0, 0.05) is 53.4 Å². The number of benzene rings is 11. The Kier molecular flexibility index (Phi) is 8.12. The second kappa shape index (κ2) is 14.3. The largest absolute Gasteiger partial charge is 0.310 e. The van der Waals surface area contributed by atoms with Gasteiger partial charge in [0.15, 0.2) is 0 Å². The van der Waals surface area contributed by atoms with Crippen LogP contribution in [0.3, 0.4) is 0 Å². The quantitative estimate of drug-likeness (QED) is 0.152. The van der Waals surface area contributed by atoms with Crippen LogP contribution < -0.4 is 4.90 Å². The summed E-state index contributed by atoms with van der Waals surface area (Å²) in [7, 11) is 0. The van der Waals surface area contributed by atoms with Crippen LogP contribution in [0.4, 0.5) is 17.1 Å². The van der Waals surface area contributed by atoms with Gasteiger partial charge in [0.05, 0.1) is 16.7 Å². The van der Waals surface area contributed by atoms with Gasteiger partial charge in [-0.15, -0.1) is 11.3 Å². The summed E-state index contributed by atoms with van der Waals surface area (Å²) in [5.74, 6) is 0. The third-order valence-corrected chi connectivity index (χ3v) is 14.2. The highest BCUT2D eigenvalue weighted by Crippen LogP contribution is 2.44. The molecule has 63 heavy (non-hydrogen) atoms. The highest BCUT2D eigenvalue weighted by Gasteiger charge is 2.19. The molecular formula is C60H38N2S. The molecule has 0 saturated carbocycles. The first kappa shape index (κ1) is 35.7. The lowest BCUT2D eigenvalue weighted by atomic mass is 9.98. The van der Waals surface area contributed by atoms with Crippen LogP contribution in [0.15, 0.2) is 231 Å². The van der Waals surface area contributed by atoms with Gasteiger partial charge in [-0.1, -0.05) is 170 Å². The molecule has 0 aliphatic rings. The predicted octanol–water partition coefficient (Wildman–Crippen LogP) is 17.4. The summed E-state index contributed by atoms with van der Waals surface area (Å²) in [6.07, 6.45) is 0. The monoisotopic (exact) mass is 818 g/mol. The van der Waals surface area contributed by atoms with Crippen molar-refractivity contribution in [2.24, 2.45) is 0 Å². The fourth-order valence-corrected chi connectivity index (χ4v) is 11.2. The van der Waals surface area contributed by atoms with Crippen molar-refractivity contribution in [2.75, 3.05) is 4.90 Å². The maximum atomic E-state index is 2.43. The lowest BCUT2D eigenvalue weighted by Crippen LogP contribution is -2.10. The van der Waals surface area contributed by atoms with Crippen LogP contribution in [0.1, 0.15) is 0 Å². The van der Waals surface area contributed by atoms with Crippen LogP contribution in [0.2, 0.25) is 0 Å². The lowest BCUT2D eigenvalue weighted by Gasteiger charge is -2.28. The van der Waals surface area contributed by atoms with Crippen molar-refractivity contribution in [3.63, 3.8) is 0 Å². The van der Waals surface area contributed by atoms with Crippen LogP contribution in [-0.4, -0.2) is 4.57 Å². The van der Waals surface area contributed by atoms with Gasteiger partial charge in [-0.05, 0) is 110 Å². The number of hydrogen-bond acceptors (Lipinski definition) is 2. The van der Waals surface area contributed by atoms with E-state index in [9.17, 15) is 0 Å². The van der Waals surface area contributed by atoms with E-state index in [1.807, 2.05) is 11.3 Å². The van der Waals surface area contributed by atoms with Crippen LogP contribution in [0.25, 0.3) is 102 Å². The zero-order valence-electron chi connectivity index (χ0n) is 34.2. The number of nitrogens with zero attached hydrogens (tertiary/aromatic N) is 2. The number of thiophene rings is 1. The number of anilines is 3.